The molecule has 22 heavy (non-hydrogen) atoms. The molecule has 2 aliphatic heterocycles. The Kier molecular flexibility index (Phi) is 4.90. The number of carbonyl (C=O) groups excluding carboxylic acids is 1. The van der Waals surface area contributed by atoms with E-state index < -0.39 is 0 Å². The van der Waals surface area contributed by atoms with Gasteiger partial charge in [0.2, 0.25) is 0 Å². The van der Waals surface area contributed by atoms with E-state index >= 15 is 0 Å². The summed E-state index contributed by atoms with van der Waals surface area (Å²) in [5, 5.41) is 6.51. The summed E-state index contributed by atoms with van der Waals surface area (Å²) in [6.45, 7) is 5.07. The van der Waals surface area contributed by atoms with Crippen molar-refractivity contribution in [2.24, 2.45) is 4.99 Å². The first kappa shape index (κ1) is 14.8. The van der Waals surface area contributed by atoms with Crippen LogP contribution in [-0.4, -0.2) is 56.2 Å². The third kappa shape index (κ3) is 3.76. The number of carbonyl (C=O) groups is 1. The first-order chi connectivity index (χ1) is 10.8. The van der Waals surface area contributed by atoms with E-state index in [1.165, 1.54) is 0 Å². The molecule has 1 saturated heterocycles. The number of guanidine groups is 1. The Hall–Kier alpha value is -2.08. The summed E-state index contributed by atoms with van der Waals surface area (Å²) in [6.07, 6.45) is 1.08. The maximum Gasteiger partial charge on any atom is 0.254 e. The summed E-state index contributed by atoms with van der Waals surface area (Å²) < 4.78 is 5.29. The molecule has 0 saturated carbocycles. The molecule has 0 unspecified atom stereocenters. The largest absolute Gasteiger partial charge is 0.378 e. The van der Waals surface area contributed by atoms with Gasteiger partial charge in [0.05, 0.1) is 13.2 Å². The van der Waals surface area contributed by atoms with Crippen LogP contribution in [0.1, 0.15) is 22.3 Å². The number of hydrogen-bond donors (Lipinski definition) is 2. The Balaban J connectivity index is 1.61. The zero-order valence-electron chi connectivity index (χ0n) is 12.7. The predicted octanol–water partition coefficient (Wildman–Crippen LogP) is 0.598. The predicted molar refractivity (Wildman–Crippen MR) is 84.9 cm³/mol. The third-order valence-corrected chi connectivity index (χ3v) is 3.83. The van der Waals surface area contributed by atoms with E-state index in [0.29, 0.717) is 32.8 Å². The number of hydrogen-bond acceptors (Lipinski definition) is 5. The van der Waals surface area contributed by atoms with Crippen LogP contribution in [0.5, 0.6) is 0 Å². The lowest BCUT2D eigenvalue weighted by molar-refractivity contribution is 0.0303. The quantitative estimate of drug-likeness (QED) is 0.858. The minimum atomic E-state index is 0.0817. The zero-order chi connectivity index (χ0) is 15.2. The Morgan fingerprint density at radius 3 is 3.00 bits per heavy atom. The maximum absolute atomic E-state index is 12.5. The molecule has 2 aliphatic rings. The van der Waals surface area contributed by atoms with Crippen LogP contribution in [0, 0.1) is 0 Å². The summed E-state index contributed by atoms with van der Waals surface area (Å²) >= 11 is 0. The van der Waals surface area contributed by atoms with Gasteiger partial charge >= 0.3 is 0 Å². The summed E-state index contributed by atoms with van der Waals surface area (Å²) in [5.74, 6) is 0.925. The first-order valence-electron chi connectivity index (χ1n) is 7.81. The molecule has 0 radical (unpaired) electrons. The van der Waals surface area contributed by atoms with Gasteiger partial charge in [-0.15, -0.1) is 0 Å². The number of morpholine rings is 1. The van der Waals surface area contributed by atoms with Gasteiger partial charge in [-0.2, -0.15) is 0 Å². The lowest BCUT2D eigenvalue weighted by Crippen LogP contribution is -2.41. The molecular formula is C16H22N4O2. The van der Waals surface area contributed by atoms with Gasteiger partial charge in [-0.3, -0.25) is 9.79 Å². The molecule has 3 rings (SSSR count). The van der Waals surface area contributed by atoms with Gasteiger partial charge in [-0.1, -0.05) is 12.1 Å². The van der Waals surface area contributed by atoms with Crippen LogP contribution >= 0.6 is 0 Å². The minimum absolute atomic E-state index is 0.0817. The lowest BCUT2D eigenvalue weighted by Gasteiger charge is -2.27. The number of benzene rings is 1. The van der Waals surface area contributed by atoms with Crippen molar-refractivity contribution >= 4 is 11.9 Å². The van der Waals surface area contributed by atoms with E-state index in [0.717, 1.165) is 36.6 Å². The Morgan fingerprint density at radius 2 is 2.23 bits per heavy atom. The summed E-state index contributed by atoms with van der Waals surface area (Å²) in [7, 11) is 0. The third-order valence-electron chi connectivity index (χ3n) is 3.83. The second kappa shape index (κ2) is 7.26. The van der Waals surface area contributed by atoms with Gasteiger partial charge in [0.25, 0.3) is 5.91 Å². The highest BCUT2D eigenvalue weighted by atomic mass is 16.5. The zero-order valence-corrected chi connectivity index (χ0v) is 12.7. The standard InChI is InChI=1S/C16H22N4O2/c21-15(20-7-9-22-10-8-20)14-4-1-3-13(11-14)12-19-16-17-5-2-6-18-16/h1,3-4,11H,2,5-10,12H2,(H2,17,18,19). The van der Waals surface area contributed by atoms with E-state index in [-0.39, 0.29) is 5.91 Å². The number of amides is 1. The lowest BCUT2D eigenvalue weighted by atomic mass is 10.1. The molecular weight excluding hydrogens is 280 g/mol. The van der Waals surface area contributed by atoms with E-state index in [1.54, 1.807) is 0 Å². The molecule has 1 fully saturated rings. The van der Waals surface area contributed by atoms with Crippen molar-refractivity contribution in [3.8, 4) is 0 Å². The molecule has 0 bridgehead atoms. The molecule has 0 aromatic heterocycles. The molecule has 1 aromatic rings. The fourth-order valence-electron chi connectivity index (χ4n) is 2.60. The highest BCUT2D eigenvalue weighted by molar-refractivity contribution is 5.94. The fraction of sp³-hybridized carbons (Fsp3) is 0.500. The molecule has 2 N–H and O–H groups in total. The summed E-state index contributed by atoms with van der Waals surface area (Å²) in [5.41, 5.74) is 1.81. The number of rotatable bonds is 3. The van der Waals surface area contributed by atoms with E-state index in [1.807, 2.05) is 29.2 Å². The molecule has 0 spiro atoms. The van der Waals surface area contributed by atoms with Gasteiger partial charge in [0.1, 0.15) is 0 Å². The van der Waals surface area contributed by atoms with E-state index in [9.17, 15) is 4.79 Å². The molecule has 6 nitrogen and oxygen atoms in total. The fourth-order valence-corrected chi connectivity index (χ4v) is 2.60. The van der Waals surface area contributed by atoms with Gasteiger partial charge in [0.15, 0.2) is 5.96 Å². The monoisotopic (exact) mass is 302 g/mol. The molecule has 1 amide bonds. The van der Waals surface area contributed by atoms with Crippen LogP contribution in [0.2, 0.25) is 0 Å². The number of ether oxygens (including phenoxy) is 1. The van der Waals surface area contributed by atoms with Crippen LogP contribution in [0.15, 0.2) is 29.3 Å². The van der Waals surface area contributed by atoms with Crippen molar-refractivity contribution < 1.29 is 9.53 Å². The normalized spacial score (nSPS) is 18.4. The highest BCUT2D eigenvalue weighted by Crippen LogP contribution is 2.10. The average Bonchev–Trinajstić information content (AvgIpc) is 2.61. The van der Waals surface area contributed by atoms with Crippen molar-refractivity contribution in [1.82, 2.24) is 15.5 Å². The van der Waals surface area contributed by atoms with Crippen molar-refractivity contribution in [3.05, 3.63) is 35.4 Å². The van der Waals surface area contributed by atoms with Crippen LogP contribution < -0.4 is 10.6 Å². The van der Waals surface area contributed by atoms with Gasteiger partial charge in [0, 0.05) is 38.3 Å². The second-order valence-electron chi connectivity index (χ2n) is 5.47. The molecule has 118 valence electrons. The number of nitrogens with one attached hydrogen (secondary N) is 2. The van der Waals surface area contributed by atoms with Crippen LogP contribution in [-0.2, 0) is 11.3 Å². The highest BCUT2D eigenvalue weighted by Gasteiger charge is 2.18. The SMILES string of the molecule is O=C(c1cccc(CNC2=NCCCN2)c1)N1CCOCC1. The molecule has 0 aliphatic carbocycles. The molecule has 1 aromatic carbocycles. The Bertz CT molecular complexity index is 553. The van der Waals surface area contributed by atoms with Gasteiger partial charge < -0.3 is 20.3 Å². The maximum atomic E-state index is 12.5. The van der Waals surface area contributed by atoms with E-state index in [4.69, 9.17) is 4.74 Å². The first-order valence-corrected chi connectivity index (χ1v) is 7.81. The summed E-state index contributed by atoms with van der Waals surface area (Å²) in [4.78, 5) is 18.7. The number of nitrogens with zero attached hydrogens (tertiary/aromatic N) is 2. The van der Waals surface area contributed by atoms with Gasteiger partial charge in [-0.25, -0.2) is 0 Å². The van der Waals surface area contributed by atoms with Crippen molar-refractivity contribution in [3.63, 3.8) is 0 Å². The topological polar surface area (TPSA) is 66.0 Å². The smallest absolute Gasteiger partial charge is 0.254 e. The van der Waals surface area contributed by atoms with Crippen molar-refractivity contribution in [1.29, 1.82) is 0 Å². The molecule has 0 atom stereocenters. The van der Waals surface area contributed by atoms with Crippen molar-refractivity contribution in [2.75, 3.05) is 39.4 Å². The average molecular weight is 302 g/mol. The molecule has 6 heteroatoms. The number of aliphatic imine (C=N–C) groups is 1. The Morgan fingerprint density at radius 1 is 1.36 bits per heavy atom. The van der Waals surface area contributed by atoms with Crippen LogP contribution in [0.25, 0.3) is 0 Å². The summed E-state index contributed by atoms with van der Waals surface area (Å²) in [6, 6.07) is 7.78. The van der Waals surface area contributed by atoms with Crippen LogP contribution in [0.3, 0.4) is 0 Å². The van der Waals surface area contributed by atoms with E-state index in [2.05, 4.69) is 15.6 Å². The van der Waals surface area contributed by atoms with Crippen molar-refractivity contribution in [2.45, 2.75) is 13.0 Å². The van der Waals surface area contributed by atoms with Crippen LogP contribution in [0.4, 0.5) is 0 Å². The minimum Gasteiger partial charge on any atom is -0.378 e. The van der Waals surface area contributed by atoms with Gasteiger partial charge in [-0.05, 0) is 24.1 Å². The second-order valence-corrected chi connectivity index (χ2v) is 5.47. The molecule has 2 heterocycles. The Labute approximate surface area is 130 Å².